The number of rotatable bonds is 6. The van der Waals surface area contributed by atoms with Crippen molar-refractivity contribution in [2.75, 3.05) is 5.88 Å². The van der Waals surface area contributed by atoms with Crippen molar-refractivity contribution in [1.82, 2.24) is 19.3 Å². The summed E-state index contributed by atoms with van der Waals surface area (Å²) in [6, 6.07) is 14.0. The number of aromatic nitrogens is 3. The maximum absolute atomic E-state index is 12.0. The van der Waals surface area contributed by atoms with Gasteiger partial charge in [0.15, 0.2) is 0 Å². The van der Waals surface area contributed by atoms with E-state index in [0.29, 0.717) is 4.96 Å². The number of hydrogen-bond acceptors (Lipinski definition) is 7. The van der Waals surface area contributed by atoms with Crippen molar-refractivity contribution in [2.45, 2.75) is 5.75 Å². The topological polar surface area (TPSA) is 137 Å². The lowest BCUT2D eigenvalue weighted by Crippen LogP contribution is -2.33. The molecule has 28 heavy (non-hydrogen) atoms. The predicted octanol–water partition coefficient (Wildman–Crippen LogP) is 1.28. The molecule has 2 aromatic carbocycles. The van der Waals surface area contributed by atoms with Crippen LogP contribution in [0.3, 0.4) is 0 Å². The molecule has 0 unspecified atom stereocenters. The third-order valence-corrected chi connectivity index (χ3v) is 7.00. The first-order valence-electron chi connectivity index (χ1n) is 8.01. The first-order valence-corrected chi connectivity index (χ1v) is 12.2. The number of sulfonamides is 2. The average molecular weight is 438 g/mol. The molecule has 2 aromatic heterocycles. The molecule has 0 aliphatic carbocycles. The van der Waals surface area contributed by atoms with Gasteiger partial charge in [0.25, 0.3) is 0 Å². The van der Waals surface area contributed by atoms with E-state index in [1.165, 1.54) is 4.52 Å². The molecule has 0 saturated carbocycles. The molecule has 12 heteroatoms. The van der Waals surface area contributed by atoms with E-state index in [2.05, 4.69) is 10.1 Å². The molecule has 0 atom stereocenters. The first-order chi connectivity index (χ1) is 13.2. The number of benzene rings is 2. The summed E-state index contributed by atoms with van der Waals surface area (Å²) in [6.45, 7) is 0. The van der Waals surface area contributed by atoms with Crippen LogP contribution in [-0.4, -0.2) is 37.3 Å². The van der Waals surface area contributed by atoms with Gasteiger partial charge < -0.3 is 0 Å². The second kappa shape index (κ2) is 6.90. The highest BCUT2D eigenvalue weighted by molar-refractivity contribution is 7.92. The summed E-state index contributed by atoms with van der Waals surface area (Å²) in [6.07, 6.45) is 1.73. The third kappa shape index (κ3) is 4.20. The van der Waals surface area contributed by atoms with E-state index < -0.39 is 31.7 Å². The van der Waals surface area contributed by atoms with Crippen LogP contribution in [0.1, 0.15) is 5.01 Å². The van der Waals surface area contributed by atoms with Crippen LogP contribution in [0.15, 0.2) is 48.7 Å². The second-order valence-electron chi connectivity index (χ2n) is 6.12. The number of hydrogen-bond donors (Lipinski definition) is 2. The Bertz CT molecular complexity index is 1360. The molecule has 0 radical (unpaired) electrons. The number of imidazole rings is 1. The Hall–Kier alpha value is -2.38. The summed E-state index contributed by atoms with van der Waals surface area (Å²) >= 11 is 1.12. The summed E-state index contributed by atoms with van der Waals surface area (Å²) in [5, 5.41) is 11.5. The van der Waals surface area contributed by atoms with Crippen molar-refractivity contribution in [2.24, 2.45) is 5.14 Å². The van der Waals surface area contributed by atoms with E-state index in [-0.39, 0.29) is 5.01 Å². The lowest BCUT2D eigenvalue weighted by molar-refractivity contribution is 0.575. The van der Waals surface area contributed by atoms with E-state index in [4.69, 9.17) is 5.14 Å². The van der Waals surface area contributed by atoms with Crippen molar-refractivity contribution in [3.63, 3.8) is 0 Å². The quantitative estimate of drug-likeness (QED) is 0.466. The fourth-order valence-electron chi connectivity index (χ4n) is 2.67. The molecule has 0 amide bonds. The normalized spacial score (nSPS) is 12.8. The maximum Gasteiger partial charge on any atom is 0.223 e. The number of primary sulfonamides is 1. The minimum atomic E-state index is -3.94. The van der Waals surface area contributed by atoms with Gasteiger partial charge in [0.2, 0.25) is 25.0 Å². The van der Waals surface area contributed by atoms with Crippen LogP contribution >= 0.6 is 11.3 Å². The maximum atomic E-state index is 12.0. The van der Waals surface area contributed by atoms with Crippen LogP contribution in [0.5, 0.6) is 0 Å². The van der Waals surface area contributed by atoms with Crippen LogP contribution in [-0.2, 0) is 25.8 Å². The Morgan fingerprint density at radius 1 is 1.07 bits per heavy atom. The van der Waals surface area contributed by atoms with Crippen LogP contribution in [0, 0.1) is 0 Å². The van der Waals surface area contributed by atoms with Crippen LogP contribution in [0.4, 0.5) is 0 Å². The lowest BCUT2D eigenvalue weighted by atomic mass is 10.1. The van der Waals surface area contributed by atoms with E-state index >= 15 is 0 Å². The highest BCUT2D eigenvalue weighted by atomic mass is 32.2. The van der Waals surface area contributed by atoms with Crippen molar-refractivity contribution in [3.8, 4) is 11.3 Å². The first kappa shape index (κ1) is 19.0. The van der Waals surface area contributed by atoms with Gasteiger partial charge in [-0.15, -0.1) is 0 Å². The van der Waals surface area contributed by atoms with Gasteiger partial charge in [-0.3, -0.25) is 0 Å². The Kier molecular flexibility index (Phi) is 4.67. The molecule has 0 bridgehead atoms. The fraction of sp³-hybridized carbons (Fsp3) is 0.125. The Labute approximate surface area is 164 Å². The van der Waals surface area contributed by atoms with Gasteiger partial charge in [0.05, 0.1) is 11.9 Å². The van der Waals surface area contributed by atoms with Gasteiger partial charge in [0, 0.05) is 5.56 Å². The molecule has 0 saturated heterocycles. The number of fused-ring (bicyclic) bond motifs is 2. The molecule has 4 rings (SSSR count). The zero-order chi connectivity index (χ0) is 19.9. The van der Waals surface area contributed by atoms with Crippen molar-refractivity contribution in [1.29, 1.82) is 0 Å². The lowest BCUT2D eigenvalue weighted by Gasteiger charge is -2.02. The molecular formula is C16H15N5O4S3. The minimum absolute atomic E-state index is 0.287. The number of nitrogens with one attached hydrogen (secondary N) is 1. The second-order valence-corrected chi connectivity index (χ2v) is 10.6. The number of nitrogens with zero attached hydrogens (tertiary/aromatic N) is 3. The Balaban J connectivity index is 1.57. The number of nitrogens with two attached hydrogens (primary N) is 1. The van der Waals surface area contributed by atoms with Gasteiger partial charge >= 0.3 is 0 Å². The summed E-state index contributed by atoms with van der Waals surface area (Å²) in [7, 11) is -7.82. The SMILES string of the molecule is NS(=O)(=O)CNS(=O)(=O)Cc1nn2cc(-c3ccc4ccccc4c3)nc2s1. The Morgan fingerprint density at radius 3 is 2.54 bits per heavy atom. The molecule has 146 valence electrons. The van der Waals surface area contributed by atoms with E-state index in [0.717, 1.165) is 33.4 Å². The summed E-state index contributed by atoms with van der Waals surface area (Å²) < 4.78 is 49.2. The third-order valence-electron chi connectivity index (χ3n) is 3.92. The summed E-state index contributed by atoms with van der Waals surface area (Å²) in [5.41, 5.74) is 1.66. The average Bonchev–Trinajstić information content (AvgIpc) is 3.17. The Morgan fingerprint density at radius 2 is 1.82 bits per heavy atom. The minimum Gasteiger partial charge on any atom is -0.228 e. The monoisotopic (exact) mass is 437 g/mol. The van der Waals surface area contributed by atoms with Gasteiger partial charge in [-0.05, 0) is 16.8 Å². The molecular weight excluding hydrogens is 422 g/mol. The van der Waals surface area contributed by atoms with Crippen molar-refractivity contribution >= 4 is 47.1 Å². The predicted molar refractivity (Wildman–Crippen MR) is 108 cm³/mol. The van der Waals surface area contributed by atoms with E-state index in [9.17, 15) is 16.8 Å². The molecule has 3 N–H and O–H groups in total. The van der Waals surface area contributed by atoms with E-state index in [1.807, 2.05) is 47.2 Å². The summed E-state index contributed by atoms with van der Waals surface area (Å²) in [5.74, 6) is -1.31. The molecule has 0 fully saturated rings. The highest BCUT2D eigenvalue weighted by Crippen LogP contribution is 2.26. The zero-order valence-corrected chi connectivity index (χ0v) is 16.8. The molecule has 0 aliphatic heterocycles. The molecule has 9 nitrogen and oxygen atoms in total. The highest BCUT2D eigenvalue weighted by Gasteiger charge is 2.18. The van der Waals surface area contributed by atoms with Gasteiger partial charge in [0.1, 0.15) is 16.6 Å². The van der Waals surface area contributed by atoms with Gasteiger partial charge in [-0.2, -0.15) is 9.82 Å². The summed E-state index contributed by atoms with van der Waals surface area (Å²) in [4.78, 5) is 5.06. The van der Waals surface area contributed by atoms with Crippen LogP contribution in [0.2, 0.25) is 0 Å². The smallest absolute Gasteiger partial charge is 0.223 e. The fourth-order valence-corrected chi connectivity index (χ4v) is 5.90. The van der Waals surface area contributed by atoms with Gasteiger partial charge in [-0.25, -0.2) is 31.5 Å². The van der Waals surface area contributed by atoms with Gasteiger partial charge in [-0.1, -0.05) is 47.7 Å². The van der Waals surface area contributed by atoms with E-state index in [1.54, 1.807) is 6.20 Å². The molecule has 2 heterocycles. The molecule has 0 aliphatic rings. The van der Waals surface area contributed by atoms with Crippen molar-refractivity contribution in [3.05, 3.63) is 53.7 Å². The van der Waals surface area contributed by atoms with Crippen molar-refractivity contribution < 1.29 is 16.8 Å². The molecule has 0 spiro atoms. The zero-order valence-electron chi connectivity index (χ0n) is 14.3. The molecule has 4 aromatic rings. The van der Waals surface area contributed by atoms with Crippen LogP contribution < -0.4 is 9.86 Å². The largest absolute Gasteiger partial charge is 0.228 e. The van der Waals surface area contributed by atoms with Crippen LogP contribution in [0.25, 0.3) is 27.0 Å². The standard InChI is InChI=1S/C16H15N5O4S3/c17-27(22,23)10-18-28(24,25)9-15-20-21-8-14(19-16(21)26-15)13-6-5-11-3-1-2-4-12(11)7-13/h1-8,18H,9-10H2,(H2,17,22,23).